The minimum atomic E-state index is -4.34. The Morgan fingerprint density at radius 2 is 1.53 bits per heavy atom. The Labute approximate surface area is 174 Å². The molecule has 1 N–H and O–H groups in total. The number of ether oxygens (including phenoxy) is 3. The largest absolute Gasteiger partial charge is 0.493 e. The van der Waals surface area contributed by atoms with Crippen LogP contribution in [0, 0.1) is 0 Å². The molecule has 164 valence electrons. The third kappa shape index (κ3) is 5.71. The van der Waals surface area contributed by atoms with Crippen molar-refractivity contribution in [3.8, 4) is 17.2 Å². The molecule has 0 aliphatic heterocycles. The van der Waals surface area contributed by atoms with Crippen molar-refractivity contribution in [2.24, 2.45) is 4.99 Å². The lowest BCUT2D eigenvalue weighted by molar-refractivity contribution is -0.137. The molecule has 0 unspecified atom stereocenters. The van der Waals surface area contributed by atoms with E-state index in [-0.39, 0.29) is 0 Å². The average molecular weight is 425 g/mol. The van der Waals surface area contributed by atoms with Gasteiger partial charge in [0.15, 0.2) is 17.5 Å². The van der Waals surface area contributed by atoms with Crippen LogP contribution in [-0.4, -0.2) is 46.3 Å². The number of rotatable bonds is 7. The molecule has 0 radical (unpaired) electrons. The maximum atomic E-state index is 12.7. The number of hydrogen-bond donors (Lipinski definition) is 1. The molecule has 0 saturated heterocycles. The van der Waals surface area contributed by atoms with Gasteiger partial charge in [0.25, 0.3) is 0 Å². The number of hydrogen-bond acceptors (Lipinski definition) is 4. The molecule has 0 fully saturated rings. The molecule has 0 aliphatic carbocycles. The van der Waals surface area contributed by atoms with Crippen LogP contribution in [0.25, 0.3) is 0 Å². The second kappa shape index (κ2) is 10.1. The van der Waals surface area contributed by atoms with Gasteiger partial charge in [-0.1, -0.05) is 12.1 Å². The summed E-state index contributed by atoms with van der Waals surface area (Å²) in [6.45, 7) is 0.827. The lowest BCUT2D eigenvalue weighted by Crippen LogP contribution is -2.38. The van der Waals surface area contributed by atoms with Gasteiger partial charge >= 0.3 is 6.18 Å². The zero-order valence-electron chi connectivity index (χ0n) is 17.6. The number of alkyl halides is 3. The molecule has 0 aromatic heterocycles. The SMILES string of the molecule is CN=C(NCc1cc(OC)c(OC)c(OC)c1)N(C)Cc1ccc(C(F)(F)F)cc1. The highest BCUT2D eigenvalue weighted by molar-refractivity contribution is 5.79. The van der Waals surface area contributed by atoms with E-state index in [1.54, 1.807) is 21.3 Å². The summed E-state index contributed by atoms with van der Waals surface area (Å²) in [6.07, 6.45) is -4.34. The minimum absolute atomic E-state index is 0.396. The quantitative estimate of drug-likeness (QED) is 0.538. The molecule has 2 rings (SSSR count). The van der Waals surface area contributed by atoms with Gasteiger partial charge in [-0.05, 0) is 35.4 Å². The van der Waals surface area contributed by atoms with Gasteiger partial charge in [-0.3, -0.25) is 4.99 Å². The van der Waals surface area contributed by atoms with Crippen molar-refractivity contribution in [3.63, 3.8) is 0 Å². The summed E-state index contributed by atoms with van der Waals surface area (Å²) >= 11 is 0. The number of benzene rings is 2. The van der Waals surface area contributed by atoms with Crippen molar-refractivity contribution in [2.75, 3.05) is 35.4 Å². The first-order chi connectivity index (χ1) is 14.2. The van der Waals surface area contributed by atoms with Crippen LogP contribution in [-0.2, 0) is 19.3 Å². The van der Waals surface area contributed by atoms with E-state index in [0.29, 0.717) is 36.3 Å². The van der Waals surface area contributed by atoms with E-state index in [9.17, 15) is 13.2 Å². The topological polar surface area (TPSA) is 55.3 Å². The smallest absolute Gasteiger partial charge is 0.416 e. The summed E-state index contributed by atoms with van der Waals surface area (Å²) in [4.78, 5) is 6.06. The van der Waals surface area contributed by atoms with Crippen molar-refractivity contribution in [2.45, 2.75) is 19.3 Å². The Hall–Kier alpha value is -3.10. The Bertz CT molecular complexity index is 843. The molecule has 30 heavy (non-hydrogen) atoms. The summed E-state index contributed by atoms with van der Waals surface area (Å²) in [5, 5.41) is 3.23. The van der Waals surface area contributed by atoms with Crippen LogP contribution in [0.4, 0.5) is 13.2 Å². The number of nitrogens with zero attached hydrogens (tertiary/aromatic N) is 2. The molecular formula is C21H26F3N3O3. The normalized spacial score (nSPS) is 11.8. The van der Waals surface area contributed by atoms with Crippen LogP contribution in [0.1, 0.15) is 16.7 Å². The molecule has 0 amide bonds. The van der Waals surface area contributed by atoms with Crippen LogP contribution >= 0.6 is 0 Å². The number of halogens is 3. The fraction of sp³-hybridized carbons (Fsp3) is 0.381. The van der Waals surface area contributed by atoms with Crippen molar-refractivity contribution in [1.29, 1.82) is 0 Å². The van der Waals surface area contributed by atoms with E-state index >= 15 is 0 Å². The van der Waals surface area contributed by atoms with Gasteiger partial charge < -0.3 is 24.4 Å². The first-order valence-corrected chi connectivity index (χ1v) is 9.10. The van der Waals surface area contributed by atoms with Crippen LogP contribution < -0.4 is 19.5 Å². The molecule has 0 spiro atoms. The first-order valence-electron chi connectivity index (χ1n) is 9.10. The summed E-state index contributed by atoms with van der Waals surface area (Å²) in [5.74, 6) is 2.18. The monoisotopic (exact) mass is 425 g/mol. The number of aliphatic imine (C=N–C) groups is 1. The van der Waals surface area contributed by atoms with Crippen LogP contribution in [0.5, 0.6) is 17.2 Å². The van der Waals surface area contributed by atoms with Gasteiger partial charge in [0.1, 0.15) is 0 Å². The van der Waals surface area contributed by atoms with E-state index in [4.69, 9.17) is 14.2 Å². The highest BCUT2D eigenvalue weighted by Gasteiger charge is 2.29. The Balaban J connectivity index is 2.07. The highest BCUT2D eigenvalue weighted by atomic mass is 19.4. The minimum Gasteiger partial charge on any atom is -0.493 e. The molecule has 0 heterocycles. The number of guanidine groups is 1. The third-order valence-corrected chi connectivity index (χ3v) is 4.45. The van der Waals surface area contributed by atoms with Gasteiger partial charge in [-0.15, -0.1) is 0 Å². The van der Waals surface area contributed by atoms with Gasteiger partial charge in [0, 0.05) is 27.2 Å². The van der Waals surface area contributed by atoms with Crippen molar-refractivity contribution < 1.29 is 27.4 Å². The van der Waals surface area contributed by atoms with Gasteiger partial charge in [0.05, 0.1) is 26.9 Å². The molecule has 9 heteroatoms. The van der Waals surface area contributed by atoms with Crippen LogP contribution in [0.2, 0.25) is 0 Å². The second-order valence-corrected chi connectivity index (χ2v) is 6.49. The first kappa shape index (κ1) is 23.2. The van der Waals surface area contributed by atoms with Gasteiger partial charge in [-0.25, -0.2) is 0 Å². The molecule has 6 nitrogen and oxygen atoms in total. The molecule has 0 bridgehead atoms. The van der Waals surface area contributed by atoms with Crippen LogP contribution in [0.15, 0.2) is 41.4 Å². The maximum Gasteiger partial charge on any atom is 0.416 e. The van der Waals surface area contributed by atoms with E-state index in [0.717, 1.165) is 23.3 Å². The molecule has 0 atom stereocenters. The predicted molar refractivity (Wildman–Crippen MR) is 109 cm³/mol. The Morgan fingerprint density at radius 1 is 0.967 bits per heavy atom. The second-order valence-electron chi connectivity index (χ2n) is 6.49. The number of methoxy groups -OCH3 is 3. The zero-order valence-corrected chi connectivity index (χ0v) is 17.6. The van der Waals surface area contributed by atoms with Crippen molar-refractivity contribution in [1.82, 2.24) is 10.2 Å². The average Bonchev–Trinajstić information content (AvgIpc) is 2.73. The van der Waals surface area contributed by atoms with Crippen molar-refractivity contribution >= 4 is 5.96 Å². The number of nitrogens with one attached hydrogen (secondary N) is 1. The summed E-state index contributed by atoms with van der Waals surface area (Å²) in [7, 11) is 8.08. The van der Waals surface area contributed by atoms with Gasteiger partial charge in [-0.2, -0.15) is 13.2 Å². The Morgan fingerprint density at radius 3 is 1.97 bits per heavy atom. The standard InChI is InChI=1S/C21H26F3N3O3/c1-25-20(27(2)13-14-6-8-16(9-7-14)21(22,23)24)26-12-15-10-17(28-3)19(30-5)18(11-15)29-4/h6-11H,12-13H2,1-5H3,(H,25,26). The molecule has 0 saturated carbocycles. The lowest BCUT2D eigenvalue weighted by atomic mass is 10.1. The van der Waals surface area contributed by atoms with Crippen molar-refractivity contribution in [3.05, 3.63) is 53.1 Å². The van der Waals surface area contributed by atoms with Gasteiger partial charge in [0.2, 0.25) is 5.75 Å². The van der Waals surface area contributed by atoms with Crippen LogP contribution in [0.3, 0.4) is 0 Å². The summed E-state index contributed by atoms with van der Waals surface area (Å²) < 4.78 is 54.2. The Kier molecular flexibility index (Phi) is 7.79. The molecule has 2 aromatic carbocycles. The molecule has 2 aromatic rings. The fourth-order valence-corrected chi connectivity index (χ4v) is 2.95. The highest BCUT2D eigenvalue weighted by Crippen LogP contribution is 2.38. The fourth-order valence-electron chi connectivity index (χ4n) is 2.95. The van der Waals surface area contributed by atoms with E-state index in [2.05, 4.69) is 10.3 Å². The summed E-state index contributed by atoms with van der Waals surface area (Å²) in [5.41, 5.74) is 0.952. The van der Waals surface area contributed by atoms with E-state index in [1.165, 1.54) is 19.2 Å². The maximum absolute atomic E-state index is 12.7. The zero-order chi connectivity index (χ0) is 22.3. The predicted octanol–water partition coefficient (Wildman–Crippen LogP) is 3.94. The molecular weight excluding hydrogens is 399 g/mol. The van der Waals surface area contributed by atoms with E-state index < -0.39 is 11.7 Å². The third-order valence-electron chi connectivity index (χ3n) is 4.45. The van der Waals surface area contributed by atoms with E-state index in [1.807, 2.05) is 24.1 Å². The summed E-state index contributed by atoms with van der Waals surface area (Å²) in [6, 6.07) is 8.75. The molecule has 0 aliphatic rings. The lowest BCUT2D eigenvalue weighted by Gasteiger charge is -2.23.